The molecule has 0 aliphatic heterocycles. The molecule has 0 fully saturated rings. The number of thiophene rings is 1. The molecule has 0 aliphatic rings. The number of amides is 1. The maximum Gasteiger partial charge on any atom is 0.338 e. The van der Waals surface area contributed by atoms with Crippen molar-refractivity contribution in [1.29, 1.82) is 0 Å². The first-order valence-electron chi connectivity index (χ1n) is 8.95. The van der Waals surface area contributed by atoms with E-state index < -0.39 is 5.97 Å². The fourth-order valence-electron chi connectivity index (χ4n) is 2.64. The van der Waals surface area contributed by atoms with Crippen molar-refractivity contribution < 1.29 is 18.7 Å². The Kier molecular flexibility index (Phi) is 6.54. The van der Waals surface area contributed by atoms with Gasteiger partial charge in [0.25, 0.3) is 11.8 Å². The summed E-state index contributed by atoms with van der Waals surface area (Å²) in [7, 11) is 0. The van der Waals surface area contributed by atoms with E-state index in [1.165, 1.54) is 11.3 Å². The van der Waals surface area contributed by atoms with E-state index in [0.29, 0.717) is 23.9 Å². The Labute approximate surface area is 167 Å². The van der Waals surface area contributed by atoms with Crippen LogP contribution in [0.1, 0.15) is 35.2 Å². The van der Waals surface area contributed by atoms with Crippen LogP contribution < -0.4 is 0 Å². The van der Waals surface area contributed by atoms with Gasteiger partial charge in [-0.05, 0) is 36.4 Å². The number of aromatic nitrogens is 2. The second-order valence-corrected chi connectivity index (χ2v) is 7.13. The summed E-state index contributed by atoms with van der Waals surface area (Å²) >= 11 is 1.50. The number of carbonyl (C=O) groups excluding carboxylic acids is 2. The van der Waals surface area contributed by atoms with Crippen molar-refractivity contribution in [1.82, 2.24) is 15.1 Å². The number of carbonyl (C=O) groups is 2. The summed E-state index contributed by atoms with van der Waals surface area (Å²) in [5, 5.41) is 9.97. The minimum absolute atomic E-state index is 0.174. The van der Waals surface area contributed by atoms with E-state index in [-0.39, 0.29) is 19.1 Å². The van der Waals surface area contributed by atoms with Crippen LogP contribution in [0, 0.1) is 6.92 Å². The van der Waals surface area contributed by atoms with Crippen LogP contribution in [0.3, 0.4) is 0 Å². The molecule has 1 aromatic carbocycles. The van der Waals surface area contributed by atoms with Gasteiger partial charge in [0.15, 0.2) is 6.61 Å². The van der Waals surface area contributed by atoms with Gasteiger partial charge in [-0.25, -0.2) is 4.79 Å². The van der Waals surface area contributed by atoms with Crippen LogP contribution in [-0.2, 0) is 16.1 Å². The summed E-state index contributed by atoms with van der Waals surface area (Å²) in [5.41, 5.74) is 1.26. The Morgan fingerprint density at radius 1 is 1.18 bits per heavy atom. The SMILES string of the molecule is CCCN(Cc1nnc(-c2cccs2)o1)C(=O)COC(=O)c1ccccc1C. The van der Waals surface area contributed by atoms with Gasteiger partial charge >= 0.3 is 5.97 Å². The molecule has 0 aliphatic carbocycles. The number of hydrogen-bond donors (Lipinski definition) is 0. The largest absolute Gasteiger partial charge is 0.452 e. The molecule has 8 heteroatoms. The molecular formula is C20H21N3O4S. The zero-order chi connectivity index (χ0) is 19.9. The molecule has 1 amide bonds. The third kappa shape index (κ3) is 4.83. The van der Waals surface area contributed by atoms with Crippen LogP contribution in [0.4, 0.5) is 0 Å². The Morgan fingerprint density at radius 3 is 2.71 bits per heavy atom. The van der Waals surface area contributed by atoms with Gasteiger partial charge in [-0.1, -0.05) is 31.2 Å². The number of nitrogens with zero attached hydrogens (tertiary/aromatic N) is 3. The first-order valence-corrected chi connectivity index (χ1v) is 9.83. The predicted octanol–water partition coefficient (Wildman–Crippen LogP) is 3.70. The third-order valence-corrected chi connectivity index (χ3v) is 4.92. The van der Waals surface area contributed by atoms with Gasteiger partial charge in [0.05, 0.1) is 17.0 Å². The lowest BCUT2D eigenvalue weighted by atomic mass is 10.1. The normalized spacial score (nSPS) is 10.6. The summed E-state index contributed by atoms with van der Waals surface area (Å²) in [5.74, 6) is -0.0457. The van der Waals surface area contributed by atoms with Crippen LogP contribution in [0.25, 0.3) is 10.8 Å². The number of benzene rings is 1. The molecule has 0 bridgehead atoms. The van der Waals surface area contributed by atoms with Gasteiger partial charge in [-0.2, -0.15) is 0 Å². The molecule has 2 aromatic heterocycles. The summed E-state index contributed by atoms with van der Waals surface area (Å²) < 4.78 is 10.9. The van der Waals surface area contributed by atoms with Gasteiger partial charge in [-0.15, -0.1) is 21.5 Å². The topological polar surface area (TPSA) is 85.5 Å². The van der Waals surface area contributed by atoms with E-state index in [9.17, 15) is 9.59 Å². The number of hydrogen-bond acceptors (Lipinski definition) is 7. The lowest BCUT2D eigenvalue weighted by Gasteiger charge is -2.20. The van der Waals surface area contributed by atoms with Crippen molar-refractivity contribution >= 4 is 23.2 Å². The number of esters is 1. The highest BCUT2D eigenvalue weighted by molar-refractivity contribution is 7.13. The fraction of sp³-hybridized carbons (Fsp3) is 0.300. The summed E-state index contributed by atoms with van der Waals surface area (Å²) in [4.78, 5) is 27.2. The molecule has 3 rings (SSSR count). The molecule has 0 saturated carbocycles. The Bertz CT molecular complexity index is 937. The van der Waals surface area contributed by atoms with Crippen molar-refractivity contribution in [2.75, 3.05) is 13.2 Å². The summed E-state index contributed by atoms with van der Waals surface area (Å²) in [6.07, 6.45) is 0.753. The first kappa shape index (κ1) is 19.8. The van der Waals surface area contributed by atoms with Crippen LogP contribution in [0.5, 0.6) is 0 Å². The zero-order valence-electron chi connectivity index (χ0n) is 15.8. The Morgan fingerprint density at radius 2 is 2.00 bits per heavy atom. The molecule has 0 spiro atoms. The second kappa shape index (κ2) is 9.27. The highest BCUT2D eigenvalue weighted by Crippen LogP contribution is 2.23. The van der Waals surface area contributed by atoms with Gasteiger partial charge in [0, 0.05) is 6.54 Å². The molecular weight excluding hydrogens is 378 g/mol. The van der Waals surface area contributed by atoms with Crippen LogP contribution >= 0.6 is 11.3 Å². The Hall–Kier alpha value is -3.00. The minimum Gasteiger partial charge on any atom is -0.452 e. The van der Waals surface area contributed by atoms with E-state index in [1.54, 1.807) is 17.0 Å². The monoisotopic (exact) mass is 399 g/mol. The lowest BCUT2D eigenvalue weighted by Crippen LogP contribution is -2.35. The third-order valence-electron chi connectivity index (χ3n) is 4.06. The van der Waals surface area contributed by atoms with Crippen molar-refractivity contribution in [3.8, 4) is 10.8 Å². The molecule has 3 aromatic rings. The van der Waals surface area contributed by atoms with Crippen LogP contribution in [0.2, 0.25) is 0 Å². The summed E-state index contributed by atoms with van der Waals surface area (Å²) in [6.45, 7) is 4.12. The van der Waals surface area contributed by atoms with Gasteiger partial charge in [0.1, 0.15) is 0 Å². The second-order valence-electron chi connectivity index (χ2n) is 6.18. The highest BCUT2D eigenvalue weighted by atomic mass is 32.1. The van der Waals surface area contributed by atoms with Crippen molar-refractivity contribution in [3.05, 3.63) is 58.8 Å². The van der Waals surface area contributed by atoms with Crippen LogP contribution in [0.15, 0.2) is 46.2 Å². The maximum atomic E-state index is 12.6. The molecule has 7 nitrogen and oxygen atoms in total. The van der Waals surface area contributed by atoms with Crippen molar-refractivity contribution in [2.24, 2.45) is 0 Å². The molecule has 0 saturated heterocycles. The average molecular weight is 399 g/mol. The first-order chi connectivity index (χ1) is 13.6. The fourth-order valence-corrected chi connectivity index (χ4v) is 3.28. The quantitative estimate of drug-likeness (QED) is 0.537. The molecule has 0 unspecified atom stereocenters. The van der Waals surface area contributed by atoms with E-state index >= 15 is 0 Å². The van der Waals surface area contributed by atoms with Gasteiger partial charge in [-0.3, -0.25) is 4.79 Å². The average Bonchev–Trinajstić information content (AvgIpc) is 3.37. The molecule has 0 atom stereocenters. The molecule has 28 heavy (non-hydrogen) atoms. The maximum absolute atomic E-state index is 12.6. The summed E-state index contributed by atoms with van der Waals surface area (Å²) in [6, 6.07) is 10.9. The highest BCUT2D eigenvalue weighted by Gasteiger charge is 2.20. The Balaban J connectivity index is 1.61. The van der Waals surface area contributed by atoms with Crippen molar-refractivity contribution in [2.45, 2.75) is 26.8 Å². The number of aryl methyl sites for hydroxylation is 1. The standard InChI is InChI=1S/C20H21N3O4S/c1-3-10-23(12-17-21-22-19(27-17)16-9-6-11-28-16)18(24)13-26-20(25)15-8-5-4-7-14(15)2/h4-9,11H,3,10,12-13H2,1-2H3. The minimum atomic E-state index is -0.513. The molecule has 146 valence electrons. The predicted molar refractivity (Wildman–Crippen MR) is 105 cm³/mol. The molecule has 0 N–H and O–H groups in total. The van der Waals surface area contributed by atoms with Crippen LogP contribution in [-0.4, -0.2) is 40.1 Å². The lowest BCUT2D eigenvalue weighted by molar-refractivity contribution is -0.135. The van der Waals surface area contributed by atoms with Crippen molar-refractivity contribution in [3.63, 3.8) is 0 Å². The molecule has 0 radical (unpaired) electrons. The van der Waals surface area contributed by atoms with Gasteiger partial charge < -0.3 is 14.1 Å². The number of ether oxygens (including phenoxy) is 1. The van der Waals surface area contributed by atoms with E-state index in [4.69, 9.17) is 9.15 Å². The zero-order valence-corrected chi connectivity index (χ0v) is 16.6. The number of rotatable bonds is 8. The van der Waals surface area contributed by atoms with E-state index in [1.807, 2.05) is 43.5 Å². The molecule has 2 heterocycles. The van der Waals surface area contributed by atoms with E-state index in [2.05, 4.69) is 10.2 Å². The smallest absolute Gasteiger partial charge is 0.338 e. The van der Waals surface area contributed by atoms with Gasteiger partial charge in [0.2, 0.25) is 5.89 Å². The van der Waals surface area contributed by atoms with E-state index in [0.717, 1.165) is 16.9 Å².